The Kier molecular flexibility index (Phi) is 5.58. The van der Waals surface area contributed by atoms with E-state index in [0.29, 0.717) is 6.54 Å². The van der Waals surface area contributed by atoms with E-state index in [1.807, 2.05) is 6.07 Å². The highest BCUT2D eigenvalue weighted by Gasteiger charge is 2.28. The molecule has 118 valence electrons. The lowest BCUT2D eigenvalue weighted by atomic mass is 10.0. The van der Waals surface area contributed by atoms with Crippen LogP contribution in [0.1, 0.15) is 19.5 Å². The molecule has 1 fully saturated rings. The van der Waals surface area contributed by atoms with Gasteiger partial charge in [0.25, 0.3) is 0 Å². The molecule has 1 aliphatic rings. The van der Waals surface area contributed by atoms with Gasteiger partial charge in [0.1, 0.15) is 12.0 Å². The van der Waals surface area contributed by atoms with Crippen molar-refractivity contribution in [3.63, 3.8) is 0 Å². The van der Waals surface area contributed by atoms with Crippen LogP contribution in [-0.4, -0.2) is 61.5 Å². The topological polar surface area (TPSA) is 74.9 Å². The second-order valence-electron chi connectivity index (χ2n) is 5.68. The van der Waals surface area contributed by atoms with E-state index in [2.05, 4.69) is 39.5 Å². The smallest absolute Gasteiger partial charge is 0.191 e. The molecule has 0 atom stereocenters. The van der Waals surface area contributed by atoms with Crippen LogP contribution in [0.4, 0.5) is 0 Å². The number of nitrogens with zero attached hydrogens (tertiary/aromatic N) is 3. The number of hydrogen-bond acceptors (Lipinski definition) is 5. The lowest BCUT2D eigenvalue weighted by Gasteiger charge is -2.41. The van der Waals surface area contributed by atoms with Gasteiger partial charge < -0.3 is 19.9 Å². The number of nitrogens with one attached hydrogen (secondary N) is 2. The first kappa shape index (κ1) is 15.8. The van der Waals surface area contributed by atoms with E-state index in [1.54, 1.807) is 13.3 Å². The zero-order chi connectivity index (χ0) is 15.1. The Hall–Kier alpha value is -1.60. The van der Waals surface area contributed by atoms with Gasteiger partial charge in [-0.2, -0.15) is 0 Å². The van der Waals surface area contributed by atoms with E-state index < -0.39 is 0 Å². The molecule has 0 bridgehead atoms. The molecule has 0 aliphatic carbocycles. The van der Waals surface area contributed by atoms with Gasteiger partial charge in [-0.1, -0.05) is 5.16 Å². The van der Waals surface area contributed by atoms with Crippen LogP contribution in [0.3, 0.4) is 0 Å². The first-order chi connectivity index (χ1) is 10.1. The van der Waals surface area contributed by atoms with E-state index in [1.165, 1.54) is 0 Å². The average Bonchev–Trinajstić information content (AvgIpc) is 3.02. The molecule has 0 amide bonds. The van der Waals surface area contributed by atoms with Crippen LogP contribution in [0.2, 0.25) is 0 Å². The maximum atomic E-state index is 5.41. The van der Waals surface area contributed by atoms with Crippen molar-refractivity contribution in [1.29, 1.82) is 0 Å². The van der Waals surface area contributed by atoms with Gasteiger partial charge in [0.05, 0.1) is 19.8 Å². The van der Waals surface area contributed by atoms with Gasteiger partial charge in [0.2, 0.25) is 0 Å². The summed E-state index contributed by atoms with van der Waals surface area (Å²) in [6.45, 7) is 9.43. The molecule has 1 aliphatic heterocycles. The molecule has 1 aromatic heterocycles. The monoisotopic (exact) mass is 295 g/mol. The Balaban J connectivity index is 1.78. The summed E-state index contributed by atoms with van der Waals surface area (Å²) >= 11 is 0. The third-order valence-corrected chi connectivity index (χ3v) is 3.71. The zero-order valence-electron chi connectivity index (χ0n) is 13.1. The van der Waals surface area contributed by atoms with E-state index in [9.17, 15) is 0 Å². The van der Waals surface area contributed by atoms with Crippen LogP contribution in [0, 0.1) is 0 Å². The van der Waals surface area contributed by atoms with Crippen molar-refractivity contribution in [2.75, 3.05) is 39.9 Å². The maximum Gasteiger partial charge on any atom is 0.191 e. The third kappa shape index (κ3) is 4.71. The Bertz CT molecular complexity index is 438. The van der Waals surface area contributed by atoms with Crippen LogP contribution in [0.5, 0.6) is 0 Å². The van der Waals surface area contributed by atoms with Gasteiger partial charge in [-0.3, -0.25) is 9.89 Å². The normalized spacial score (nSPS) is 17.8. The highest BCUT2D eigenvalue weighted by molar-refractivity contribution is 5.79. The number of aromatic nitrogens is 1. The van der Waals surface area contributed by atoms with Crippen molar-refractivity contribution < 1.29 is 9.26 Å². The summed E-state index contributed by atoms with van der Waals surface area (Å²) in [5.41, 5.74) is 0.903. The average molecular weight is 295 g/mol. The van der Waals surface area contributed by atoms with Gasteiger partial charge in [0, 0.05) is 38.3 Å². The van der Waals surface area contributed by atoms with Crippen molar-refractivity contribution in [3.8, 4) is 0 Å². The second-order valence-corrected chi connectivity index (χ2v) is 5.68. The van der Waals surface area contributed by atoms with Gasteiger partial charge in [-0.05, 0) is 13.8 Å². The summed E-state index contributed by atoms with van der Waals surface area (Å²) in [5, 5.41) is 10.5. The summed E-state index contributed by atoms with van der Waals surface area (Å²) < 4.78 is 10.2. The molecule has 7 heteroatoms. The summed E-state index contributed by atoms with van der Waals surface area (Å²) in [4.78, 5) is 6.67. The Morgan fingerprint density at radius 3 is 2.76 bits per heavy atom. The molecule has 0 spiro atoms. The predicted octanol–water partition coefficient (Wildman–Crippen LogP) is 0.450. The summed E-state index contributed by atoms with van der Waals surface area (Å²) in [6, 6.07) is 1.83. The molecule has 2 rings (SSSR count). The van der Waals surface area contributed by atoms with Crippen LogP contribution < -0.4 is 10.6 Å². The summed E-state index contributed by atoms with van der Waals surface area (Å²) in [7, 11) is 1.76. The minimum atomic E-state index is 0.0509. The van der Waals surface area contributed by atoms with Crippen LogP contribution in [0.25, 0.3) is 0 Å². The number of hydrogen-bond donors (Lipinski definition) is 2. The van der Waals surface area contributed by atoms with E-state index >= 15 is 0 Å². The third-order valence-electron chi connectivity index (χ3n) is 3.71. The van der Waals surface area contributed by atoms with E-state index in [4.69, 9.17) is 9.26 Å². The van der Waals surface area contributed by atoms with Crippen molar-refractivity contribution >= 4 is 5.96 Å². The number of morpholine rings is 1. The predicted molar refractivity (Wildman–Crippen MR) is 81.2 cm³/mol. The quantitative estimate of drug-likeness (QED) is 0.607. The van der Waals surface area contributed by atoms with Crippen molar-refractivity contribution in [3.05, 3.63) is 18.0 Å². The lowest BCUT2D eigenvalue weighted by Crippen LogP contribution is -2.56. The highest BCUT2D eigenvalue weighted by atomic mass is 16.5. The molecule has 21 heavy (non-hydrogen) atoms. The SMILES string of the molecule is CN=C(NCc1ccon1)NCC(C)(C)N1CCOCC1. The number of aliphatic imine (C=N–C) groups is 1. The van der Waals surface area contributed by atoms with Gasteiger partial charge >= 0.3 is 0 Å². The molecular weight excluding hydrogens is 270 g/mol. The fourth-order valence-electron chi connectivity index (χ4n) is 2.30. The van der Waals surface area contributed by atoms with E-state index in [-0.39, 0.29) is 5.54 Å². The first-order valence-corrected chi connectivity index (χ1v) is 7.28. The maximum absolute atomic E-state index is 5.41. The lowest BCUT2D eigenvalue weighted by molar-refractivity contribution is -0.00834. The molecule has 0 unspecified atom stereocenters. The Morgan fingerprint density at radius 2 is 2.14 bits per heavy atom. The molecule has 1 saturated heterocycles. The number of rotatable bonds is 5. The minimum Gasteiger partial charge on any atom is -0.379 e. The second kappa shape index (κ2) is 7.42. The first-order valence-electron chi connectivity index (χ1n) is 7.28. The van der Waals surface area contributed by atoms with Gasteiger partial charge in [0.15, 0.2) is 5.96 Å². The van der Waals surface area contributed by atoms with Crippen LogP contribution in [-0.2, 0) is 11.3 Å². The van der Waals surface area contributed by atoms with Crippen LogP contribution in [0.15, 0.2) is 21.8 Å². The minimum absolute atomic E-state index is 0.0509. The van der Waals surface area contributed by atoms with E-state index in [0.717, 1.165) is 44.5 Å². The largest absolute Gasteiger partial charge is 0.379 e. The van der Waals surface area contributed by atoms with Crippen LogP contribution >= 0.6 is 0 Å². The van der Waals surface area contributed by atoms with Crippen molar-refractivity contribution in [2.24, 2.45) is 4.99 Å². The molecule has 0 saturated carbocycles. The summed E-state index contributed by atoms with van der Waals surface area (Å²) in [6.07, 6.45) is 1.56. The van der Waals surface area contributed by atoms with Crippen molar-refractivity contribution in [2.45, 2.75) is 25.9 Å². The van der Waals surface area contributed by atoms with Gasteiger partial charge in [-0.25, -0.2) is 0 Å². The fourth-order valence-corrected chi connectivity index (χ4v) is 2.30. The molecular formula is C14H25N5O2. The molecule has 1 aromatic rings. The molecule has 7 nitrogen and oxygen atoms in total. The van der Waals surface area contributed by atoms with Gasteiger partial charge in [-0.15, -0.1) is 0 Å². The molecule has 0 radical (unpaired) electrons. The fraction of sp³-hybridized carbons (Fsp3) is 0.714. The number of ether oxygens (including phenoxy) is 1. The number of guanidine groups is 1. The Labute approximate surface area is 125 Å². The summed E-state index contributed by atoms with van der Waals surface area (Å²) in [5.74, 6) is 0.763. The highest BCUT2D eigenvalue weighted by Crippen LogP contribution is 2.14. The molecule has 2 N–H and O–H groups in total. The molecule has 2 heterocycles. The standard InChI is InChI=1S/C14H25N5O2/c1-14(2,19-5-8-20-9-6-19)11-17-13(15-3)16-10-12-4-7-21-18-12/h4,7H,5-6,8-11H2,1-3H3,(H2,15,16,17). The van der Waals surface area contributed by atoms with Crippen molar-refractivity contribution in [1.82, 2.24) is 20.7 Å². The zero-order valence-corrected chi connectivity index (χ0v) is 13.1. The molecule has 0 aromatic carbocycles. The Morgan fingerprint density at radius 1 is 1.38 bits per heavy atom.